The van der Waals surface area contributed by atoms with Crippen molar-refractivity contribution in [2.75, 3.05) is 11.9 Å². The average Bonchev–Trinajstić information content (AvgIpc) is 3.43. The van der Waals surface area contributed by atoms with Gasteiger partial charge in [-0.3, -0.25) is 10.4 Å². The van der Waals surface area contributed by atoms with E-state index in [1.165, 1.54) is 23.5 Å². The fraction of sp³-hybridized carbons (Fsp3) is 0.167. The highest BCUT2D eigenvalue weighted by Crippen LogP contribution is 2.19. The zero-order valence-electron chi connectivity index (χ0n) is 15.1. The number of H-pyrrole nitrogens is 1. The van der Waals surface area contributed by atoms with Gasteiger partial charge in [0.05, 0.1) is 6.26 Å². The predicted molar refractivity (Wildman–Crippen MR) is 104 cm³/mol. The topological polar surface area (TPSA) is 122 Å². The Balaban J connectivity index is 1.23. The number of furan rings is 1. The van der Waals surface area contributed by atoms with Gasteiger partial charge in [0, 0.05) is 19.4 Å². The summed E-state index contributed by atoms with van der Waals surface area (Å²) >= 11 is 1.24. The third-order valence-electron chi connectivity index (χ3n) is 3.85. The first kappa shape index (κ1) is 18.7. The molecule has 148 valence electrons. The maximum atomic E-state index is 13.2. The number of halogens is 1. The Hall–Kier alpha value is -3.60. The molecular weight excluding hydrogens is 397 g/mol. The standard InChI is InChI=1S/C18H16FN7O2S/c19-12-4-1-3-11(9-12)10-15-24-26-18(29-15)22-17(27)20-7-6-14-21-16(25-23-14)13-5-2-8-28-13/h1-5,8-9H,6-7,10H2,(H,21,23,25)(H2,20,22,26,27). The van der Waals surface area contributed by atoms with Gasteiger partial charge in [0.25, 0.3) is 0 Å². The Labute approximate surface area is 168 Å². The van der Waals surface area contributed by atoms with Gasteiger partial charge in [-0.15, -0.1) is 10.2 Å². The lowest BCUT2D eigenvalue weighted by molar-refractivity contribution is 0.252. The molecule has 0 spiro atoms. The van der Waals surface area contributed by atoms with Gasteiger partial charge in [-0.1, -0.05) is 23.5 Å². The highest BCUT2D eigenvalue weighted by Gasteiger charge is 2.11. The molecule has 3 heterocycles. The molecule has 0 aliphatic carbocycles. The van der Waals surface area contributed by atoms with Crippen molar-refractivity contribution in [3.8, 4) is 11.6 Å². The molecule has 9 nitrogen and oxygen atoms in total. The van der Waals surface area contributed by atoms with E-state index in [0.29, 0.717) is 46.9 Å². The highest BCUT2D eigenvalue weighted by atomic mass is 32.1. The van der Waals surface area contributed by atoms with Crippen molar-refractivity contribution >= 4 is 22.5 Å². The lowest BCUT2D eigenvalue weighted by Crippen LogP contribution is -2.30. The second kappa shape index (κ2) is 8.61. The zero-order valence-corrected chi connectivity index (χ0v) is 15.9. The van der Waals surface area contributed by atoms with Crippen LogP contribution in [0.1, 0.15) is 16.4 Å². The minimum Gasteiger partial charge on any atom is -0.461 e. The summed E-state index contributed by atoms with van der Waals surface area (Å²) in [6.45, 7) is 0.355. The summed E-state index contributed by atoms with van der Waals surface area (Å²) in [5, 5.41) is 21.2. The quantitative estimate of drug-likeness (QED) is 0.428. The number of aromatic amines is 1. The van der Waals surface area contributed by atoms with E-state index in [1.807, 2.05) is 6.07 Å². The summed E-state index contributed by atoms with van der Waals surface area (Å²) in [5.74, 6) is 1.37. The second-order valence-corrected chi connectivity index (χ2v) is 7.08. The van der Waals surface area contributed by atoms with Crippen molar-refractivity contribution in [1.29, 1.82) is 0 Å². The normalized spacial score (nSPS) is 10.8. The number of urea groups is 1. The molecule has 0 atom stereocenters. The van der Waals surface area contributed by atoms with Gasteiger partial charge in [-0.05, 0) is 29.8 Å². The average molecular weight is 413 g/mol. The second-order valence-electron chi connectivity index (χ2n) is 6.02. The van der Waals surface area contributed by atoms with E-state index >= 15 is 0 Å². The molecule has 4 aromatic rings. The van der Waals surface area contributed by atoms with E-state index < -0.39 is 6.03 Å². The van der Waals surface area contributed by atoms with Crippen LogP contribution in [0.5, 0.6) is 0 Å². The molecular formula is C18H16FN7O2S. The fourth-order valence-corrected chi connectivity index (χ4v) is 3.33. The molecule has 1 aromatic carbocycles. The molecule has 3 N–H and O–H groups in total. The fourth-order valence-electron chi connectivity index (χ4n) is 2.56. The van der Waals surface area contributed by atoms with Gasteiger partial charge in [-0.25, -0.2) is 14.2 Å². The summed E-state index contributed by atoms with van der Waals surface area (Å²) < 4.78 is 18.5. The van der Waals surface area contributed by atoms with Crippen LogP contribution in [0.3, 0.4) is 0 Å². The minimum atomic E-state index is -0.399. The van der Waals surface area contributed by atoms with Crippen molar-refractivity contribution in [1.82, 2.24) is 30.7 Å². The van der Waals surface area contributed by atoms with Crippen molar-refractivity contribution in [3.63, 3.8) is 0 Å². The molecule has 0 aliphatic rings. The van der Waals surface area contributed by atoms with Crippen LogP contribution >= 0.6 is 11.3 Å². The number of nitrogens with one attached hydrogen (secondary N) is 3. The van der Waals surface area contributed by atoms with Crippen LogP contribution < -0.4 is 10.6 Å². The molecule has 2 amide bonds. The highest BCUT2D eigenvalue weighted by molar-refractivity contribution is 7.15. The molecule has 3 aromatic heterocycles. The maximum absolute atomic E-state index is 13.2. The lowest BCUT2D eigenvalue weighted by atomic mass is 10.1. The number of nitrogens with zero attached hydrogens (tertiary/aromatic N) is 4. The van der Waals surface area contributed by atoms with Crippen molar-refractivity contribution < 1.29 is 13.6 Å². The molecule has 29 heavy (non-hydrogen) atoms. The van der Waals surface area contributed by atoms with Crippen LogP contribution in [0.4, 0.5) is 14.3 Å². The van der Waals surface area contributed by atoms with Crippen LogP contribution in [-0.4, -0.2) is 38.0 Å². The number of carbonyl (C=O) groups is 1. The van der Waals surface area contributed by atoms with Crippen molar-refractivity contribution in [2.24, 2.45) is 0 Å². The molecule has 0 saturated heterocycles. The van der Waals surface area contributed by atoms with Crippen LogP contribution in [0.25, 0.3) is 11.6 Å². The van der Waals surface area contributed by atoms with E-state index in [2.05, 4.69) is 36.0 Å². The van der Waals surface area contributed by atoms with Gasteiger partial charge in [0.15, 0.2) is 5.76 Å². The molecule has 4 rings (SSSR count). The van der Waals surface area contributed by atoms with E-state index in [0.717, 1.165) is 5.56 Å². The van der Waals surface area contributed by atoms with Crippen LogP contribution in [0.15, 0.2) is 47.1 Å². The van der Waals surface area contributed by atoms with Gasteiger partial charge >= 0.3 is 6.03 Å². The Morgan fingerprint density at radius 2 is 2.17 bits per heavy atom. The van der Waals surface area contributed by atoms with Crippen LogP contribution in [0.2, 0.25) is 0 Å². The summed E-state index contributed by atoms with van der Waals surface area (Å²) in [4.78, 5) is 16.3. The van der Waals surface area contributed by atoms with Gasteiger partial charge in [0.2, 0.25) is 11.0 Å². The Kier molecular flexibility index (Phi) is 5.56. The molecule has 0 radical (unpaired) electrons. The summed E-state index contributed by atoms with van der Waals surface area (Å²) in [5.41, 5.74) is 0.790. The first-order valence-electron chi connectivity index (χ1n) is 8.72. The number of benzene rings is 1. The smallest absolute Gasteiger partial charge is 0.321 e. The van der Waals surface area contributed by atoms with Gasteiger partial charge in [0.1, 0.15) is 16.6 Å². The number of anilines is 1. The van der Waals surface area contributed by atoms with Crippen molar-refractivity contribution in [2.45, 2.75) is 12.8 Å². The first-order valence-corrected chi connectivity index (χ1v) is 9.54. The Bertz CT molecular complexity index is 1090. The largest absolute Gasteiger partial charge is 0.461 e. The third kappa shape index (κ3) is 5.02. The van der Waals surface area contributed by atoms with E-state index in [1.54, 1.807) is 24.5 Å². The minimum absolute atomic E-state index is 0.298. The number of hydrogen-bond acceptors (Lipinski definition) is 7. The molecule has 0 bridgehead atoms. The Morgan fingerprint density at radius 1 is 1.24 bits per heavy atom. The SMILES string of the molecule is O=C(NCCc1nc(-c2ccco2)n[nH]1)Nc1nnc(Cc2cccc(F)c2)s1. The molecule has 0 saturated carbocycles. The molecule has 11 heteroatoms. The molecule has 0 unspecified atom stereocenters. The molecule has 0 aliphatic heterocycles. The first-order chi connectivity index (χ1) is 14.2. The summed E-state index contributed by atoms with van der Waals surface area (Å²) in [6, 6.07) is 9.41. The number of amides is 2. The molecule has 0 fully saturated rings. The number of carbonyl (C=O) groups excluding carboxylic acids is 1. The van der Waals surface area contributed by atoms with E-state index in [4.69, 9.17) is 4.42 Å². The number of rotatable bonds is 7. The van der Waals surface area contributed by atoms with Crippen molar-refractivity contribution in [3.05, 3.63) is 64.9 Å². The van der Waals surface area contributed by atoms with E-state index in [-0.39, 0.29) is 5.82 Å². The van der Waals surface area contributed by atoms with Crippen LogP contribution in [0, 0.1) is 5.82 Å². The Morgan fingerprint density at radius 3 is 3.00 bits per heavy atom. The number of aromatic nitrogens is 5. The summed E-state index contributed by atoms with van der Waals surface area (Å²) in [7, 11) is 0. The van der Waals surface area contributed by atoms with Gasteiger partial charge < -0.3 is 9.73 Å². The van der Waals surface area contributed by atoms with Gasteiger partial charge in [-0.2, -0.15) is 5.10 Å². The van der Waals surface area contributed by atoms with E-state index in [9.17, 15) is 9.18 Å². The third-order valence-corrected chi connectivity index (χ3v) is 4.69. The predicted octanol–water partition coefficient (Wildman–Crippen LogP) is 3.01. The monoisotopic (exact) mass is 413 g/mol. The summed E-state index contributed by atoms with van der Waals surface area (Å²) in [6.07, 6.45) is 2.47. The zero-order chi connectivity index (χ0) is 20.1. The lowest BCUT2D eigenvalue weighted by Gasteiger charge is -2.03. The maximum Gasteiger partial charge on any atom is 0.321 e. The van der Waals surface area contributed by atoms with Crippen LogP contribution in [-0.2, 0) is 12.8 Å². The number of hydrogen-bond donors (Lipinski definition) is 3.